The van der Waals surface area contributed by atoms with Crippen LogP contribution in [0.2, 0.25) is 0 Å². The Morgan fingerprint density at radius 1 is 1.16 bits per heavy atom. The average Bonchev–Trinajstić information content (AvgIpc) is 2.98. The average molecular weight is 258 g/mol. The van der Waals surface area contributed by atoms with Crippen molar-refractivity contribution in [3.05, 3.63) is 42.2 Å². The van der Waals surface area contributed by atoms with Crippen LogP contribution < -0.4 is 0 Å². The SMILES string of the molecule is O=C(c1conc1-c1ccccc1)N1CCOCC1. The van der Waals surface area contributed by atoms with Crippen molar-refractivity contribution in [3.63, 3.8) is 0 Å². The van der Waals surface area contributed by atoms with E-state index in [0.29, 0.717) is 37.6 Å². The Morgan fingerprint density at radius 2 is 1.89 bits per heavy atom. The van der Waals surface area contributed by atoms with Gasteiger partial charge in [0, 0.05) is 18.7 Å². The number of carbonyl (C=O) groups is 1. The molecular formula is C14H14N2O3. The molecule has 1 aromatic heterocycles. The number of aromatic nitrogens is 1. The van der Waals surface area contributed by atoms with Gasteiger partial charge in [-0.2, -0.15) is 0 Å². The van der Waals surface area contributed by atoms with Crippen molar-refractivity contribution in [2.75, 3.05) is 26.3 Å². The summed E-state index contributed by atoms with van der Waals surface area (Å²) in [4.78, 5) is 14.2. The molecule has 3 rings (SSSR count). The number of carbonyl (C=O) groups excluding carboxylic acids is 1. The van der Waals surface area contributed by atoms with E-state index in [1.54, 1.807) is 4.90 Å². The van der Waals surface area contributed by atoms with Gasteiger partial charge in [0.15, 0.2) is 0 Å². The molecule has 1 amide bonds. The molecule has 0 atom stereocenters. The molecule has 0 aliphatic carbocycles. The lowest BCUT2D eigenvalue weighted by Crippen LogP contribution is -2.40. The first-order valence-corrected chi connectivity index (χ1v) is 6.23. The second-order valence-electron chi connectivity index (χ2n) is 4.35. The molecule has 0 spiro atoms. The van der Waals surface area contributed by atoms with Crippen molar-refractivity contribution >= 4 is 5.91 Å². The van der Waals surface area contributed by atoms with E-state index in [0.717, 1.165) is 5.56 Å². The fraction of sp³-hybridized carbons (Fsp3) is 0.286. The van der Waals surface area contributed by atoms with Gasteiger partial charge in [0.1, 0.15) is 17.5 Å². The number of nitrogens with zero attached hydrogens (tertiary/aromatic N) is 2. The summed E-state index contributed by atoms with van der Waals surface area (Å²) >= 11 is 0. The smallest absolute Gasteiger partial charge is 0.259 e. The lowest BCUT2D eigenvalue weighted by molar-refractivity contribution is 0.0303. The first kappa shape index (κ1) is 11.9. The quantitative estimate of drug-likeness (QED) is 0.824. The van der Waals surface area contributed by atoms with Crippen LogP contribution in [0.15, 0.2) is 41.1 Å². The number of ether oxygens (including phenoxy) is 1. The van der Waals surface area contributed by atoms with Crippen LogP contribution >= 0.6 is 0 Å². The van der Waals surface area contributed by atoms with Gasteiger partial charge >= 0.3 is 0 Å². The van der Waals surface area contributed by atoms with E-state index in [-0.39, 0.29) is 5.91 Å². The van der Waals surface area contributed by atoms with E-state index in [4.69, 9.17) is 9.26 Å². The molecule has 2 heterocycles. The summed E-state index contributed by atoms with van der Waals surface area (Å²) in [6.45, 7) is 2.38. The molecule has 2 aromatic rings. The van der Waals surface area contributed by atoms with Gasteiger partial charge in [-0.25, -0.2) is 0 Å². The predicted molar refractivity (Wildman–Crippen MR) is 68.7 cm³/mol. The van der Waals surface area contributed by atoms with Gasteiger partial charge in [0.05, 0.1) is 13.2 Å². The molecule has 0 saturated carbocycles. The minimum Gasteiger partial charge on any atom is -0.378 e. The highest BCUT2D eigenvalue weighted by molar-refractivity contribution is 5.99. The van der Waals surface area contributed by atoms with Crippen molar-refractivity contribution < 1.29 is 14.1 Å². The Hall–Kier alpha value is -2.14. The zero-order valence-electron chi connectivity index (χ0n) is 10.4. The molecule has 98 valence electrons. The van der Waals surface area contributed by atoms with E-state index >= 15 is 0 Å². The Labute approximate surface area is 110 Å². The Bertz CT molecular complexity index is 559. The minimum atomic E-state index is -0.0524. The van der Waals surface area contributed by atoms with Crippen molar-refractivity contribution in [1.29, 1.82) is 0 Å². The van der Waals surface area contributed by atoms with Crippen LogP contribution in [0.25, 0.3) is 11.3 Å². The van der Waals surface area contributed by atoms with E-state index in [1.165, 1.54) is 6.26 Å². The number of hydrogen-bond donors (Lipinski definition) is 0. The fourth-order valence-corrected chi connectivity index (χ4v) is 2.13. The van der Waals surface area contributed by atoms with Gasteiger partial charge in [-0.3, -0.25) is 4.79 Å². The van der Waals surface area contributed by atoms with Gasteiger partial charge in [-0.1, -0.05) is 35.5 Å². The summed E-state index contributed by atoms with van der Waals surface area (Å²) in [7, 11) is 0. The molecule has 0 unspecified atom stereocenters. The summed E-state index contributed by atoms with van der Waals surface area (Å²) in [6.07, 6.45) is 1.42. The largest absolute Gasteiger partial charge is 0.378 e. The van der Waals surface area contributed by atoms with Crippen LogP contribution in [-0.4, -0.2) is 42.3 Å². The molecule has 5 nitrogen and oxygen atoms in total. The molecule has 1 fully saturated rings. The molecular weight excluding hydrogens is 244 g/mol. The number of benzene rings is 1. The van der Waals surface area contributed by atoms with E-state index < -0.39 is 0 Å². The number of hydrogen-bond acceptors (Lipinski definition) is 4. The van der Waals surface area contributed by atoms with E-state index in [2.05, 4.69) is 5.16 Å². The summed E-state index contributed by atoms with van der Waals surface area (Å²) in [5, 5.41) is 3.95. The highest BCUT2D eigenvalue weighted by atomic mass is 16.5. The van der Waals surface area contributed by atoms with Gasteiger partial charge in [0.25, 0.3) is 5.91 Å². The molecule has 0 radical (unpaired) electrons. The van der Waals surface area contributed by atoms with Crippen LogP contribution in [0.3, 0.4) is 0 Å². The van der Waals surface area contributed by atoms with Gasteiger partial charge in [0.2, 0.25) is 0 Å². The van der Waals surface area contributed by atoms with E-state index in [9.17, 15) is 4.79 Å². The van der Waals surface area contributed by atoms with Gasteiger partial charge < -0.3 is 14.2 Å². The standard InChI is InChI=1S/C14H14N2O3/c17-14(16-6-8-18-9-7-16)12-10-19-15-13(12)11-4-2-1-3-5-11/h1-5,10H,6-9H2. The Morgan fingerprint density at radius 3 is 2.63 bits per heavy atom. The first-order chi connectivity index (χ1) is 9.36. The molecule has 1 saturated heterocycles. The number of rotatable bonds is 2. The maximum atomic E-state index is 12.4. The van der Waals surface area contributed by atoms with Crippen LogP contribution in [-0.2, 0) is 4.74 Å². The topological polar surface area (TPSA) is 55.6 Å². The molecule has 1 aliphatic rings. The molecule has 0 N–H and O–H groups in total. The molecule has 0 bridgehead atoms. The first-order valence-electron chi connectivity index (χ1n) is 6.23. The normalized spacial score (nSPS) is 15.5. The van der Waals surface area contributed by atoms with Crippen molar-refractivity contribution in [3.8, 4) is 11.3 Å². The summed E-state index contributed by atoms with van der Waals surface area (Å²) in [5.41, 5.74) is 1.98. The third-order valence-corrected chi connectivity index (χ3v) is 3.15. The Kier molecular flexibility index (Phi) is 3.29. The lowest BCUT2D eigenvalue weighted by atomic mass is 10.1. The maximum Gasteiger partial charge on any atom is 0.259 e. The van der Waals surface area contributed by atoms with Crippen LogP contribution in [0.5, 0.6) is 0 Å². The third kappa shape index (κ3) is 2.37. The predicted octanol–water partition coefficient (Wildman–Crippen LogP) is 1.81. The third-order valence-electron chi connectivity index (χ3n) is 3.15. The number of morpholine rings is 1. The van der Waals surface area contributed by atoms with Crippen molar-refractivity contribution in [1.82, 2.24) is 10.1 Å². The molecule has 5 heteroatoms. The second-order valence-corrected chi connectivity index (χ2v) is 4.35. The van der Waals surface area contributed by atoms with Gasteiger partial charge in [-0.15, -0.1) is 0 Å². The summed E-state index contributed by atoms with van der Waals surface area (Å²) in [5.74, 6) is -0.0524. The second kappa shape index (κ2) is 5.24. The highest BCUT2D eigenvalue weighted by Gasteiger charge is 2.24. The summed E-state index contributed by atoms with van der Waals surface area (Å²) < 4.78 is 10.2. The minimum absolute atomic E-state index is 0.0524. The van der Waals surface area contributed by atoms with Crippen LogP contribution in [0, 0.1) is 0 Å². The number of amides is 1. The van der Waals surface area contributed by atoms with Crippen molar-refractivity contribution in [2.24, 2.45) is 0 Å². The Balaban J connectivity index is 1.89. The van der Waals surface area contributed by atoms with Crippen molar-refractivity contribution in [2.45, 2.75) is 0 Å². The van der Waals surface area contributed by atoms with Gasteiger partial charge in [-0.05, 0) is 0 Å². The van der Waals surface area contributed by atoms with Crippen LogP contribution in [0.4, 0.5) is 0 Å². The molecule has 1 aliphatic heterocycles. The zero-order chi connectivity index (χ0) is 13.1. The lowest BCUT2D eigenvalue weighted by Gasteiger charge is -2.26. The molecule has 1 aromatic carbocycles. The maximum absolute atomic E-state index is 12.4. The zero-order valence-corrected chi connectivity index (χ0v) is 10.4. The van der Waals surface area contributed by atoms with E-state index in [1.807, 2.05) is 30.3 Å². The monoisotopic (exact) mass is 258 g/mol. The fourth-order valence-electron chi connectivity index (χ4n) is 2.13. The highest BCUT2D eigenvalue weighted by Crippen LogP contribution is 2.23. The van der Waals surface area contributed by atoms with Crippen LogP contribution in [0.1, 0.15) is 10.4 Å². The molecule has 19 heavy (non-hydrogen) atoms. The summed E-state index contributed by atoms with van der Waals surface area (Å²) in [6, 6.07) is 9.56.